The minimum absolute atomic E-state index is 0.319. The summed E-state index contributed by atoms with van der Waals surface area (Å²) in [6.07, 6.45) is 11.4. The predicted molar refractivity (Wildman–Crippen MR) is 167 cm³/mol. The van der Waals surface area contributed by atoms with E-state index in [2.05, 4.69) is 4.85 Å². The minimum atomic E-state index is -1.22. The van der Waals surface area contributed by atoms with Crippen LogP contribution in [0.2, 0.25) is 0 Å². The molecule has 43 heavy (non-hydrogen) atoms. The first-order chi connectivity index (χ1) is 20.8. The minimum Gasteiger partial charge on any atom is -0.493 e. The predicted octanol–water partition coefficient (Wildman–Crippen LogP) is 6.55. The smallest absolute Gasteiger partial charge is 0.316 e. The van der Waals surface area contributed by atoms with Gasteiger partial charge in [-0.15, -0.1) is 0 Å². The molecular weight excluding hydrogens is 550 g/mol. The fourth-order valence-electron chi connectivity index (χ4n) is 4.37. The lowest BCUT2D eigenvalue weighted by molar-refractivity contribution is -0.160. The van der Waals surface area contributed by atoms with Gasteiger partial charge in [0.15, 0.2) is 28.7 Å². The van der Waals surface area contributed by atoms with E-state index in [4.69, 9.17) is 30.3 Å². The Kier molecular flexibility index (Phi) is 16.0. The van der Waals surface area contributed by atoms with Crippen LogP contribution in [0.15, 0.2) is 36.4 Å². The van der Waals surface area contributed by atoms with Crippen LogP contribution < -0.4 is 18.9 Å². The molecule has 9 nitrogen and oxygen atoms in total. The monoisotopic (exact) mass is 597 g/mol. The van der Waals surface area contributed by atoms with Gasteiger partial charge in [0.1, 0.15) is 5.41 Å². The summed E-state index contributed by atoms with van der Waals surface area (Å²) in [6.45, 7) is 9.24. The van der Waals surface area contributed by atoms with Crippen molar-refractivity contribution in [3.8, 4) is 23.0 Å². The largest absolute Gasteiger partial charge is 0.493 e. The van der Waals surface area contributed by atoms with Crippen LogP contribution in [-0.4, -0.2) is 63.9 Å². The third-order valence-electron chi connectivity index (χ3n) is 7.26. The van der Waals surface area contributed by atoms with Crippen molar-refractivity contribution < 1.29 is 38.7 Å². The molecule has 0 saturated heterocycles. The van der Waals surface area contributed by atoms with E-state index in [0.29, 0.717) is 41.9 Å². The Labute approximate surface area is 256 Å². The molecule has 0 aliphatic carbocycles. The van der Waals surface area contributed by atoms with E-state index in [-0.39, 0.29) is 0 Å². The third kappa shape index (κ3) is 11.5. The summed E-state index contributed by atoms with van der Waals surface area (Å²) >= 11 is 0. The molecule has 2 N–H and O–H groups in total. The standard InChI is InChI=1S/C34H47NO8/c1-34(24-36,25-37)33(38)43-20-14-12-10-8-6-7-9-11-13-19-42-30-17-15-26(22-31(30)40-4)21-28(35-2)27-16-18-29(39-3)32(23-27)41-5/h15-18,21-23,36-37H,6-14,19-20,24-25H2,1,3-5H3/b28-21-. The van der Waals surface area contributed by atoms with Gasteiger partial charge in [0.25, 0.3) is 0 Å². The van der Waals surface area contributed by atoms with E-state index >= 15 is 0 Å². The number of hydrogen-bond acceptors (Lipinski definition) is 8. The van der Waals surface area contributed by atoms with E-state index < -0.39 is 24.6 Å². The Morgan fingerprint density at radius 1 is 0.767 bits per heavy atom. The molecule has 0 heterocycles. The molecule has 0 fully saturated rings. The summed E-state index contributed by atoms with van der Waals surface area (Å²) in [6, 6.07) is 11.1. The van der Waals surface area contributed by atoms with Gasteiger partial charge < -0.3 is 33.9 Å². The molecule has 2 rings (SSSR count). The van der Waals surface area contributed by atoms with Crippen molar-refractivity contribution in [2.45, 2.75) is 64.7 Å². The van der Waals surface area contributed by atoms with Gasteiger partial charge in [-0.2, -0.15) is 0 Å². The summed E-state index contributed by atoms with van der Waals surface area (Å²) in [5.41, 5.74) is 0.814. The maximum atomic E-state index is 11.9. The van der Waals surface area contributed by atoms with Crippen molar-refractivity contribution in [1.82, 2.24) is 0 Å². The van der Waals surface area contributed by atoms with Gasteiger partial charge in [0.2, 0.25) is 0 Å². The number of ether oxygens (including phenoxy) is 5. The summed E-state index contributed by atoms with van der Waals surface area (Å²) < 4.78 is 27.4. The first-order valence-corrected chi connectivity index (χ1v) is 14.9. The zero-order valence-electron chi connectivity index (χ0n) is 26.0. The fraction of sp³-hybridized carbons (Fsp3) is 0.529. The highest BCUT2D eigenvalue weighted by Gasteiger charge is 2.33. The number of rotatable bonds is 21. The van der Waals surface area contributed by atoms with Gasteiger partial charge in [-0.3, -0.25) is 4.79 Å². The molecule has 0 aliphatic rings. The van der Waals surface area contributed by atoms with Crippen LogP contribution in [0, 0.1) is 12.0 Å². The zero-order valence-corrected chi connectivity index (χ0v) is 26.0. The second-order valence-corrected chi connectivity index (χ2v) is 10.7. The highest BCUT2D eigenvalue weighted by Crippen LogP contribution is 2.33. The van der Waals surface area contributed by atoms with Crippen molar-refractivity contribution in [1.29, 1.82) is 0 Å². The maximum Gasteiger partial charge on any atom is 0.316 e. The van der Waals surface area contributed by atoms with E-state index in [1.54, 1.807) is 33.5 Å². The van der Waals surface area contributed by atoms with Crippen LogP contribution in [0.4, 0.5) is 0 Å². The number of aliphatic hydroxyl groups excluding tert-OH is 2. The fourth-order valence-corrected chi connectivity index (χ4v) is 4.37. The first-order valence-electron chi connectivity index (χ1n) is 14.9. The molecule has 0 amide bonds. The number of unbranched alkanes of at least 4 members (excludes halogenated alkanes) is 8. The maximum absolute atomic E-state index is 11.9. The zero-order chi connectivity index (χ0) is 31.5. The van der Waals surface area contributed by atoms with Gasteiger partial charge >= 0.3 is 5.97 Å². The average Bonchev–Trinajstić information content (AvgIpc) is 3.04. The molecule has 0 aromatic heterocycles. The molecule has 0 unspecified atom stereocenters. The van der Waals surface area contributed by atoms with E-state index in [0.717, 1.165) is 56.1 Å². The first kappa shape index (κ1) is 35.5. The molecule has 2 aromatic carbocycles. The number of benzene rings is 2. The molecule has 0 radical (unpaired) electrons. The van der Waals surface area contributed by atoms with Crippen molar-refractivity contribution in [3.05, 3.63) is 58.9 Å². The van der Waals surface area contributed by atoms with Crippen molar-refractivity contribution in [2.75, 3.05) is 47.8 Å². The topological polar surface area (TPSA) is 108 Å². The Bertz CT molecular complexity index is 1200. The van der Waals surface area contributed by atoms with Crippen molar-refractivity contribution in [2.24, 2.45) is 5.41 Å². The van der Waals surface area contributed by atoms with Crippen LogP contribution in [0.1, 0.15) is 75.8 Å². The van der Waals surface area contributed by atoms with Crippen LogP contribution in [0.25, 0.3) is 16.6 Å². The van der Waals surface area contributed by atoms with E-state index in [1.807, 2.05) is 30.3 Å². The quantitative estimate of drug-likeness (QED) is 0.0722. The molecule has 0 spiro atoms. The lowest BCUT2D eigenvalue weighted by Crippen LogP contribution is -2.37. The summed E-state index contributed by atoms with van der Waals surface area (Å²) in [4.78, 5) is 15.6. The number of carbonyl (C=O) groups is 1. The number of hydrogen-bond donors (Lipinski definition) is 2. The number of carbonyl (C=O) groups excluding carboxylic acids is 1. The Balaban J connectivity index is 1.67. The molecule has 0 aliphatic heterocycles. The van der Waals surface area contributed by atoms with Gasteiger partial charge in [-0.25, -0.2) is 4.85 Å². The number of nitrogens with zero attached hydrogens (tertiary/aromatic N) is 1. The molecule has 2 aromatic rings. The lowest BCUT2D eigenvalue weighted by Gasteiger charge is -2.22. The lowest BCUT2D eigenvalue weighted by atomic mass is 9.93. The molecule has 0 atom stereocenters. The van der Waals surface area contributed by atoms with E-state index in [9.17, 15) is 15.0 Å². The Hall–Kier alpha value is -3.74. The van der Waals surface area contributed by atoms with Crippen LogP contribution in [0.3, 0.4) is 0 Å². The Morgan fingerprint density at radius 3 is 1.86 bits per heavy atom. The highest BCUT2D eigenvalue weighted by molar-refractivity contribution is 5.86. The summed E-state index contributed by atoms with van der Waals surface area (Å²) in [5, 5.41) is 18.5. The SMILES string of the molecule is [C-]#[N+]/C(=C\c1ccc(OCCCCCCCCCCCOC(=O)C(C)(CO)CO)c(OC)c1)c1ccc(OC)c(OC)c1. The molecule has 236 valence electrons. The molecule has 9 heteroatoms. The molecule has 0 saturated carbocycles. The highest BCUT2D eigenvalue weighted by atomic mass is 16.5. The van der Waals surface area contributed by atoms with E-state index in [1.165, 1.54) is 19.8 Å². The third-order valence-corrected chi connectivity index (χ3v) is 7.26. The number of methoxy groups -OCH3 is 3. The summed E-state index contributed by atoms with van der Waals surface area (Å²) in [7, 11) is 4.75. The van der Waals surface area contributed by atoms with Crippen LogP contribution >= 0.6 is 0 Å². The van der Waals surface area contributed by atoms with Gasteiger partial charge in [-0.1, -0.05) is 57.1 Å². The molecular formula is C34H47NO8. The van der Waals surface area contributed by atoms with Gasteiger partial charge in [0.05, 0.1) is 54.3 Å². The number of aliphatic hydroxyl groups is 2. The van der Waals surface area contributed by atoms with Gasteiger partial charge in [0, 0.05) is 0 Å². The number of esters is 1. The van der Waals surface area contributed by atoms with Crippen molar-refractivity contribution >= 4 is 17.7 Å². The second-order valence-electron chi connectivity index (χ2n) is 10.7. The van der Waals surface area contributed by atoms with Gasteiger partial charge in [-0.05, 0) is 61.2 Å². The Morgan fingerprint density at radius 2 is 1.30 bits per heavy atom. The van der Waals surface area contributed by atoms with Crippen LogP contribution in [-0.2, 0) is 9.53 Å². The second kappa shape index (κ2) is 19.4. The normalized spacial score (nSPS) is 11.5. The summed E-state index contributed by atoms with van der Waals surface area (Å²) in [5.74, 6) is 1.93. The van der Waals surface area contributed by atoms with Crippen molar-refractivity contribution in [3.63, 3.8) is 0 Å². The molecule has 0 bridgehead atoms. The van der Waals surface area contributed by atoms with Crippen LogP contribution in [0.5, 0.6) is 23.0 Å². The average molecular weight is 598 g/mol.